The predicted molar refractivity (Wildman–Crippen MR) is 304 cm³/mol. The summed E-state index contributed by atoms with van der Waals surface area (Å²) in [6, 6.07) is 30.2. The Bertz CT molecular complexity index is 3990. The van der Waals surface area contributed by atoms with E-state index in [9.17, 15) is 39.6 Å². The highest BCUT2D eigenvalue weighted by atomic mass is 16.6. The van der Waals surface area contributed by atoms with Crippen molar-refractivity contribution in [2.75, 3.05) is 0 Å². The molecule has 2 aliphatic heterocycles. The second-order valence-electron chi connectivity index (χ2n) is 23.3. The molecule has 412 valence electrons. The summed E-state index contributed by atoms with van der Waals surface area (Å²) in [6.45, 7) is 5.63. The number of hydrogen-bond donors (Lipinski definition) is 4. The number of phenols is 4. The van der Waals surface area contributed by atoms with Gasteiger partial charge in [-0.3, -0.25) is 19.2 Å². The number of epoxide rings is 2. The number of ether oxygens (including phenoxy) is 6. The maximum absolute atomic E-state index is 11.7. The van der Waals surface area contributed by atoms with E-state index in [1.807, 2.05) is 97.1 Å². The lowest BCUT2D eigenvalue weighted by Crippen LogP contribution is -2.15. The molecule has 18 rings (SSSR count). The highest BCUT2D eigenvalue weighted by Crippen LogP contribution is 2.69. The lowest BCUT2D eigenvalue weighted by molar-refractivity contribution is -0.133. The average molecular weight is 1100 g/mol. The van der Waals surface area contributed by atoms with Crippen LogP contribution in [0, 0.1) is 0 Å². The van der Waals surface area contributed by atoms with Crippen molar-refractivity contribution in [3.05, 3.63) is 166 Å². The van der Waals surface area contributed by atoms with Gasteiger partial charge in [-0.2, -0.15) is 0 Å². The normalized spacial score (nSPS) is 26.8. The standard InChI is InChI=1S/C19H16O5.C19H16O4.C15H12O3.C15H12O2/c1-8(20)22-16-10-5-3-4-6-11(10)17(23-9(2)21)15-13-7-12(14(15)16)18-19(13)24-18;1-10(20)22-18-14-5-3-4-6-15(14)19(23-11(2)21)17-13-8-7-12(9-13)16(17)18;16-12-6-3-1-2-4-7(6)13(17)11-9-5-8(10(11)12)14-15(9)18-14;16-14-10-3-1-2-4-11(10)15(17)13-9-6-5-8(7-9)12(13)14/h3-6,12-13,18-19H,7H2,1-2H3;3-8,12-13H,9H2,1-2H3;1-4,8-9,14-17H,5H2;1-6,8-9,16-17H,7H2/t12-,13+,18?,19?;12-,13+;8-,9+,14?,15?;8-,9+. The van der Waals surface area contributed by atoms with Crippen molar-refractivity contribution < 1.29 is 68.0 Å². The molecule has 82 heavy (non-hydrogen) atoms. The van der Waals surface area contributed by atoms with Crippen molar-refractivity contribution in [3.63, 3.8) is 0 Å². The summed E-state index contributed by atoms with van der Waals surface area (Å²) in [6.07, 6.45) is 13.5. The van der Waals surface area contributed by atoms with Crippen LogP contribution in [0.25, 0.3) is 43.1 Å². The molecule has 2 saturated heterocycles. The summed E-state index contributed by atoms with van der Waals surface area (Å²) in [5.41, 5.74) is 7.71. The number of carbonyl (C=O) groups is 4. The quantitative estimate of drug-likeness (QED) is 0.0425. The van der Waals surface area contributed by atoms with E-state index < -0.39 is 0 Å². The molecule has 4 N–H and O–H groups in total. The minimum Gasteiger partial charge on any atom is -0.507 e. The van der Waals surface area contributed by atoms with Crippen molar-refractivity contribution in [2.45, 2.75) is 125 Å². The van der Waals surface area contributed by atoms with Gasteiger partial charge in [0.1, 0.15) is 46.0 Å². The molecule has 8 bridgehead atoms. The van der Waals surface area contributed by atoms with Gasteiger partial charge in [0.25, 0.3) is 0 Å². The average Bonchev–Trinajstić information content (AvgIpc) is 2.53. The summed E-state index contributed by atoms with van der Waals surface area (Å²) in [7, 11) is 0. The van der Waals surface area contributed by atoms with Crippen LogP contribution in [0.2, 0.25) is 0 Å². The number of hydrogen-bond acceptors (Lipinski definition) is 14. The summed E-state index contributed by atoms with van der Waals surface area (Å²) in [5, 5.41) is 47.9. The van der Waals surface area contributed by atoms with E-state index in [1.165, 1.54) is 27.7 Å². The van der Waals surface area contributed by atoms with Crippen LogP contribution in [0.4, 0.5) is 0 Å². The maximum Gasteiger partial charge on any atom is 0.308 e. The monoisotopic (exact) mass is 1100 g/mol. The molecule has 8 aliphatic carbocycles. The number of fused-ring (bicyclic) bond motifs is 30. The van der Waals surface area contributed by atoms with E-state index in [0.29, 0.717) is 46.0 Å². The number of carbonyl (C=O) groups excluding carboxylic acids is 4. The summed E-state index contributed by atoms with van der Waals surface area (Å²) in [4.78, 5) is 46.6. The first-order valence-electron chi connectivity index (χ1n) is 28.2. The molecule has 12 atom stereocenters. The van der Waals surface area contributed by atoms with Crippen molar-refractivity contribution in [1.82, 2.24) is 0 Å². The number of allylic oxidation sites excluding steroid dienone is 4. The zero-order chi connectivity index (χ0) is 56.3. The minimum absolute atomic E-state index is 0.211. The van der Waals surface area contributed by atoms with E-state index in [2.05, 4.69) is 24.3 Å². The zero-order valence-electron chi connectivity index (χ0n) is 45.2. The van der Waals surface area contributed by atoms with Gasteiger partial charge in [-0.25, -0.2) is 0 Å². The molecule has 4 unspecified atom stereocenters. The van der Waals surface area contributed by atoms with E-state index in [-0.39, 0.29) is 95.6 Å². The number of phenolic OH excluding ortho intramolecular Hbond substituents is 4. The van der Waals surface area contributed by atoms with Crippen molar-refractivity contribution >= 4 is 67.0 Å². The van der Waals surface area contributed by atoms with E-state index in [4.69, 9.17) is 28.4 Å². The lowest BCUT2D eigenvalue weighted by atomic mass is 9.87. The molecule has 8 aromatic carbocycles. The molecule has 0 radical (unpaired) electrons. The summed E-state index contributed by atoms with van der Waals surface area (Å²) >= 11 is 0. The largest absolute Gasteiger partial charge is 0.507 e. The second kappa shape index (κ2) is 18.4. The molecule has 2 saturated carbocycles. The number of esters is 4. The first-order chi connectivity index (χ1) is 39.7. The third kappa shape index (κ3) is 7.46. The Labute approximate surface area is 470 Å². The number of benzene rings is 8. The summed E-state index contributed by atoms with van der Waals surface area (Å²) in [5.74, 6) is 4.41. The van der Waals surface area contributed by atoms with Crippen LogP contribution in [0.15, 0.2) is 121 Å². The van der Waals surface area contributed by atoms with E-state index in [1.54, 1.807) is 0 Å². The smallest absolute Gasteiger partial charge is 0.308 e. The van der Waals surface area contributed by atoms with Gasteiger partial charge >= 0.3 is 23.9 Å². The fraction of sp³-hybridized carbons (Fsp3) is 0.294. The number of aromatic hydroxyl groups is 4. The van der Waals surface area contributed by atoms with Gasteiger partial charge in [0.15, 0.2) is 0 Å². The van der Waals surface area contributed by atoms with Crippen molar-refractivity contribution in [1.29, 1.82) is 0 Å². The highest BCUT2D eigenvalue weighted by molar-refractivity contribution is 6.02. The molecule has 0 aromatic heterocycles. The zero-order valence-corrected chi connectivity index (χ0v) is 45.2. The van der Waals surface area contributed by atoms with E-state index in [0.717, 1.165) is 113 Å². The van der Waals surface area contributed by atoms with Crippen molar-refractivity contribution in [2.24, 2.45) is 0 Å². The number of rotatable bonds is 4. The van der Waals surface area contributed by atoms with Gasteiger partial charge in [0.2, 0.25) is 0 Å². The van der Waals surface area contributed by atoms with Crippen LogP contribution in [0.5, 0.6) is 46.0 Å². The molecule has 8 aromatic rings. The van der Waals surface area contributed by atoms with Crippen LogP contribution in [0.3, 0.4) is 0 Å². The first kappa shape index (κ1) is 50.3. The van der Waals surface area contributed by atoms with Crippen LogP contribution >= 0.6 is 0 Å². The fourth-order valence-electron chi connectivity index (χ4n) is 15.7. The molecule has 0 spiro atoms. The molecular formula is C68H56O14. The fourth-order valence-corrected chi connectivity index (χ4v) is 15.7. The van der Waals surface area contributed by atoms with Crippen LogP contribution in [-0.2, 0) is 28.7 Å². The van der Waals surface area contributed by atoms with Crippen LogP contribution < -0.4 is 18.9 Å². The van der Waals surface area contributed by atoms with Crippen LogP contribution in [-0.4, -0.2) is 68.7 Å². The molecule has 0 amide bonds. The Kier molecular flexibility index (Phi) is 11.3. The topological polar surface area (TPSA) is 211 Å². The SMILES string of the molecule is CC(=O)Oc1c2c(c(OC(C)=O)c3ccccc13)[C@@H]1C[C@H]2C2OC21.CC(=O)Oc1c2c(c(OC(C)=O)c3ccccc13)[C@H]1C=C[C@@H]2C1.Oc1c2c(c(O)c3ccccc13)[C@@H]1C[C@H]2C2OC21.Oc1c2c(c(O)c3ccccc13)[C@H]1C=C[C@@H]2C1. The predicted octanol–water partition coefficient (Wildman–Crippen LogP) is 12.9. The summed E-state index contributed by atoms with van der Waals surface area (Å²) < 4.78 is 33.8. The van der Waals surface area contributed by atoms with Gasteiger partial charge < -0.3 is 48.8 Å². The van der Waals surface area contributed by atoms with Gasteiger partial charge in [0.05, 0.1) is 24.4 Å². The molecular weight excluding hydrogens is 1040 g/mol. The maximum atomic E-state index is 11.7. The third-order valence-corrected chi connectivity index (χ3v) is 18.7. The Morgan fingerprint density at radius 2 is 0.561 bits per heavy atom. The Morgan fingerprint density at radius 1 is 0.329 bits per heavy atom. The Morgan fingerprint density at radius 3 is 0.841 bits per heavy atom. The molecule has 14 heteroatoms. The van der Waals surface area contributed by atoms with Crippen molar-refractivity contribution in [3.8, 4) is 46.0 Å². The van der Waals surface area contributed by atoms with Gasteiger partial charge in [-0.15, -0.1) is 0 Å². The Balaban J connectivity index is 0.0000000945. The molecule has 4 fully saturated rings. The van der Waals surface area contributed by atoms with Gasteiger partial charge in [-0.1, -0.05) is 121 Å². The van der Waals surface area contributed by atoms with Gasteiger partial charge in [-0.05, 0) is 25.7 Å². The molecule has 10 aliphatic rings. The van der Waals surface area contributed by atoms with Gasteiger partial charge in [0, 0.05) is 163 Å². The van der Waals surface area contributed by atoms with E-state index >= 15 is 0 Å². The van der Waals surface area contributed by atoms with Crippen LogP contribution in [0.1, 0.15) is 145 Å². The molecule has 14 nitrogen and oxygen atoms in total. The lowest BCUT2D eigenvalue weighted by Gasteiger charge is -2.22. The first-order valence-corrected chi connectivity index (χ1v) is 28.2. The minimum atomic E-state index is -0.348. The second-order valence-corrected chi connectivity index (χ2v) is 23.3. The Hall–Kier alpha value is -8.72. The molecule has 2 heterocycles. The highest BCUT2D eigenvalue weighted by Gasteiger charge is 2.65. The third-order valence-electron chi connectivity index (χ3n) is 18.7.